The molecule has 1 aliphatic heterocycles. The lowest BCUT2D eigenvalue weighted by Crippen LogP contribution is -2.26. The number of methoxy groups -OCH3 is 1. The maximum atomic E-state index is 12.7. The van der Waals surface area contributed by atoms with E-state index < -0.39 is 9.84 Å². The minimum Gasteiger partial charge on any atom is -0.497 e. The highest BCUT2D eigenvalue weighted by atomic mass is 32.2. The number of hydrogen-bond donors (Lipinski definition) is 0. The number of sulfone groups is 1. The summed E-state index contributed by atoms with van der Waals surface area (Å²) in [5.41, 5.74) is 2.79. The van der Waals surface area contributed by atoms with Crippen LogP contribution >= 0.6 is 11.3 Å². The van der Waals surface area contributed by atoms with E-state index in [2.05, 4.69) is 4.98 Å². The Labute approximate surface area is 173 Å². The first-order chi connectivity index (χ1) is 13.9. The van der Waals surface area contributed by atoms with E-state index >= 15 is 0 Å². The first-order valence-electron chi connectivity index (χ1n) is 9.08. The standard InChI is InChI=1S/C21H20N2O4S2/c1-27-18-5-2-15(3-6-18)10-21(24)23-12-16-4-7-19(11-17(16)13-23)29(25,26)14-20-22-8-9-28-20/h2-9,11H,10,12-14H2,1H3. The molecule has 29 heavy (non-hydrogen) atoms. The Morgan fingerprint density at radius 1 is 1.14 bits per heavy atom. The van der Waals surface area contributed by atoms with Crippen molar-refractivity contribution in [3.63, 3.8) is 0 Å². The van der Waals surface area contributed by atoms with Crippen molar-refractivity contribution in [3.05, 3.63) is 75.7 Å². The van der Waals surface area contributed by atoms with Crippen molar-refractivity contribution in [2.45, 2.75) is 30.2 Å². The molecular formula is C21H20N2O4S2. The summed E-state index contributed by atoms with van der Waals surface area (Å²) in [6.07, 6.45) is 1.90. The molecule has 2 aromatic carbocycles. The average molecular weight is 429 g/mol. The molecule has 3 aromatic rings. The molecule has 4 rings (SSSR count). The summed E-state index contributed by atoms with van der Waals surface area (Å²) in [5.74, 6) is 0.656. The van der Waals surface area contributed by atoms with Crippen molar-refractivity contribution in [2.24, 2.45) is 0 Å². The van der Waals surface area contributed by atoms with E-state index in [9.17, 15) is 13.2 Å². The van der Waals surface area contributed by atoms with Crippen molar-refractivity contribution < 1.29 is 17.9 Å². The number of hydrogen-bond acceptors (Lipinski definition) is 6. The Balaban J connectivity index is 1.45. The molecule has 0 bridgehead atoms. The van der Waals surface area contributed by atoms with Crippen LogP contribution in [0, 0.1) is 0 Å². The summed E-state index contributed by atoms with van der Waals surface area (Å²) in [5, 5.41) is 2.33. The van der Waals surface area contributed by atoms with Gasteiger partial charge in [-0.3, -0.25) is 4.79 Å². The normalized spacial score (nSPS) is 13.3. The SMILES string of the molecule is COc1ccc(CC(=O)N2Cc3ccc(S(=O)(=O)Cc4nccs4)cc3C2)cc1. The molecular weight excluding hydrogens is 408 g/mol. The number of rotatable bonds is 6. The Kier molecular flexibility index (Phi) is 5.38. The van der Waals surface area contributed by atoms with Crippen molar-refractivity contribution in [2.75, 3.05) is 7.11 Å². The molecule has 0 radical (unpaired) electrons. The van der Waals surface area contributed by atoms with E-state index in [4.69, 9.17) is 4.74 Å². The molecule has 8 heteroatoms. The summed E-state index contributed by atoms with van der Waals surface area (Å²) >= 11 is 1.33. The van der Waals surface area contributed by atoms with E-state index in [1.54, 1.807) is 35.7 Å². The van der Waals surface area contributed by atoms with Gasteiger partial charge in [-0.05, 0) is 41.0 Å². The number of carbonyl (C=O) groups is 1. The number of fused-ring (bicyclic) bond motifs is 1. The molecule has 0 N–H and O–H groups in total. The molecule has 1 amide bonds. The second-order valence-electron chi connectivity index (χ2n) is 6.89. The third kappa shape index (κ3) is 4.33. The zero-order valence-electron chi connectivity index (χ0n) is 15.9. The Morgan fingerprint density at radius 2 is 1.90 bits per heavy atom. The number of thiazole rings is 1. The van der Waals surface area contributed by atoms with Gasteiger partial charge in [-0.25, -0.2) is 13.4 Å². The van der Waals surface area contributed by atoms with Gasteiger partial charge >= 0.3 is 0 Å². The van der Waals surface area contributed by atoms with Crippen LogP contribution in [0.4, 0.5) is 0 Å². The van der Waals surface area contributed by atoms with Gasteiger partial charge in [0.25, 0.3) is 0 Å². The van der Waals surface area contributed by atoms with Gasteiger partial charge in [0.2, 0.25) is 5.91 Å². The second kappa shape index (κ2) is 7.96. The van der Waals surface area contributed by atoms with E-state index in [1.165, 1.54) is 11.3 Å². The molecule has 0 saturated heterocycles. The lowest BCUT2D eigenvalue weighted by molar-refractivity contribution is -0.131. The average Bonchev–Trinajstić information content (AvgIpc) is 3.37. The van der Waals surface area contributed by atoms with Crippen molar-refractivity contribution in [1.29, 1.82) is 0 Å². The van der Waals surface area contributed by atoms with Crippen LogP contribution in [0.25, 0.3) is 0 Å². The van der Waals surface area contributed by atoms with Crippen LogP contribution in [0.2, 0.25) is 0 Å². The highest BCUT2D eigenvalue weighted by molar-refractivity contribution is 7.90. The summed E-state index contributed by atoms with van der Waals surface area (Å²) in [6.45, 7) is 0.919. The van der Waals surface area contributed by atoms with Gasteiger partial charge < -0.3 is 9.64 Å². The zero-order chi connectivity index (χ0) is 20.4. The molecule has 0 aliphatic carbocycles. The maximum absolute atomic E-state index is 12.7. The fourth-order valence-electron chi connectivity index (χ4n) is 3.34. The van der Waals surface area contributed by atoms with E-state index in [1.807, 2.05) is 30.3 Å². The summed E-state index contributed by atoms with van der Waals surface area (Å²) < 4.78 is 30.5. The molecule has 6 nitrogen and oxygen atoms in total. The number of ether oxygens (including phenoxy) is 1. The first kappa shape index (κ1) is 19.6. The number of aromatic nitrogens is 1. The van der Waals surface area contributed by atoms with Crippen LogP contribution in [-0.4, -0.2) is 31.3 Å². The van der Waals surface area contributed by atoms with Gasteiger partial charge in [0.15, 0.2) is 9.84 Å². The van der Waals surface area contributed by atoms with Gasteiger partial charge in [-0.1, -0.05) is 18.2 Å². The molecule has 0 unspecified atom stereocenters. The molecule has 2 heterocycles. The Bertz CT molecular complexity index is 1120. The van der Waals surface area contributed by atoms with Crippen LogP contribution in [0.3, 0.4) is 0 Å². The predicted octanol–water partition coefficient (Wildman–Crippen LogP) is 3.21. The minimum absolute atomic E-state index is 0.0126. The molecule has 1 aliphatic rings. The monoisotopic (exact) mass is 428 g/mol. The van der Waals surface area contributed by atoms with E-state index in [-0.39, 0.29) is 16.6 Å². The maximum Gasteiger partial charge on any atom is 0.227 e. The van der Waals surface area contributed by atoms with Crippen LogP contribution < -0.4 is 4.74 Å². The van der Waals surface area contributed by atoms with Gasteiger partial charge in [-0.2, -0.15) is 0 Å². The third-order valence-corrected chi connectivity index (χ3v) is 7.51. The third-order valence-electron chi connectivity index (χ3n) is 4.92. The molecule has 0 saturated carbocycles. The Hall–Kier alpha value is -2.71. The summed E-state index contributed by atoms with van der Waals surface area (Å²) in [6, 6.07) is 12.6. The highest BCUT2D eigenvalue weighted by Crippen LogP contribution is 2.28. The number of amides is 1. The van der Waals surface area contributed by atoms with Crippen LogP contribution in [0.5, 0.6) is 5.75 Å². The fraction of sp³-hybridized carbons (Fsp3) is 0.238. The van der Waals surface area contributed by atoms with E-state index in [0.717, 1.165) is 22.4 Å². The topological polar surface area (TPSA) is 76.6 Å². The summed E-state index contributed by atoms with van der Waals surface area (Å²) in [4.78, 5) is 18.8. The lowest BCUT2D eigenvalue weighted by atomic mass is 10.1. The van der Waals surface area contributed by atoms with Gasteiger partial charge in [0.05, 0.1) is 18.4 Å². The van der Waals surface area contributed by atoms with Gasteiger partial charge in [-0.15, -0.1) is 11.3 Å². The van der Waals surface area contributed by atoms with Gasteiger partial charge in [0.1, 0.15) is 16.5 Å². The van der Waals surface area contributed by atoms with Crippen molar-refractivity contribution >= 4 is 27.1 Å². The predicted molar refractivity (Wildman–Crippen MR) is 110 cm³/mol. The lowest BCUT2D eigenvalue weighted by Gasteiger charge is -2.15. The molecule has 0 atom stereocenters. The summed E-state index contributed by atoms with van der Waals surface area (Å²) in [7, 11) is -1.86. The highest BCUT2D eigenvalue weighted by Gasteiger charge is 2.26. The second-order valence-corrected chi connectivity index (χ2v) is 9.86. The van der Waals surface area contributed by atoms with Crippen LogP contribution in [-0.2, 0) is 39.9 Å². The number of carbonyl (C=O) groups excluding carboxylic acids is 1. The largest absolute Gasteiger partial charge is 0.497 e. The van der Waals surface area contributed by atoms with Gasteiger partial charge in [0, 0.05) is 24.7 Å². The number of nitrogens with zero attached hydrogens (tertiary/aromatic N) is 2. The molecule has 0 fully saturated rings. The molecule has 1 aromatic heterocycles. The molecule has 150 valence electrons. The van der Waals surface area contributed by atoms with Crippen LogP contribution in [0.1, 0.15) is 21.7 Å². The van der Waals surface area contributed by atoms with Crippen LogP contribution in [0.15, 0.2) is 58.9 Å². The quantitative estimate of drug-likeness (QED) is 0.603. The Morgan fingerprint density at radius 3 is 2.59 bits per heavy atom. The molecule has 0 spiro atoms. The fourth-order valence-corrected chi connectivity index (χ4v) is 5.64. The number of benzene rings is 2. The van der Waals surface area contributed by atoms with E-state index in [0.29, 0.717) is 24.5 Å². The first-order valence-corrected chi connectivity index (χ1v) is 11.6. The zero-order valence-corrected chi connectivity index (χ0v) is 17.5. The minimum atomic E-state index is -3.47. The van der Waals surface area contributed by atoms with Crippen molar-refractivity contribution in [3.8, 4) is 5.75 Å². The smallest absolute Gasteiger partial charge is 0.227 e. The van der Waals surface area contributed by atoms with Crippen molar-refractivity contribution in [1.82, 2.24) is 9.88 Å².